The van der Waals surface area contributed by atoms with Crippen LogP contribution in [-0.4, -0.2) is 42.2 Å². The minimum Gasteiger partial charge on any atom is -0.497 e. The molecule has 0 aliphatic heterocycles. The molecule has 3 aromatic rings. The first-order valence-corrected chi connectivity index (χ1v) is 8.58. The number of H-pyrrole nitrogens is 1. The highest BCUT2D eigenvalue weighted by Crippen LogP contribution is 2.23. The summed E-state index contributed by atoms with van der Waals surface area (Å²) >= 11 is 0. The third kappa shape index (κ3) is 4.53. The number of hydrogen-bond donors (Lipinski definition) is 3. The van der Waals surface area contributed by atoms with Gasteiger partial charge in [-0.3, -0.25) is 14.7 Å². The maximum absolute atomic E-state index is 12.9. The topological polar surface area (TPSA) is 96.1 Å². The zero-order chi connectivity index (χ0) is 19.9. The second-order valence-corrected chi connectivity index (χ2v) is 5.91. The molecular weight excluding hydrogens is 363 g/mol. The fourth-order valence-electron chi connectivity index (χ4n) is 2.59. The number of aromatic nitrogens is 2. The van der Waals surface area contributed by atoms with E-state index < -0.39 is 5.82 Å². The third-order valence-electron chi connectivity index (χ3n) is 4.07. The maximum atomic E-state index is 12.9. The van der Waals surface area contributed by atoms with Crippen molar-refractivity contribution in [3.05, 3.63) is 71.7 Å². The van der Waals surface area contributed by atoms with Crippen molar-refractivity contribution in [2.75, 3.05) is 20.2 Å². The molecule has 0 atom stereocenters. The van der Waals surface area contributed by atoms with Gasteiger partial charge >= 0.3 is 0 Å². The lowest BCUT2D eigenvalue weighted by Crippen LogP contribution is -2.34. The zero-order valence-corrected chi connectivity index (χ0v) is 15.2. The van der Waals surface area contributed by atoms with E-state index in [1.807, 2.05) is 12.1 Å². The van der Waals surface area contributed by atoms with E-state index in [1.165, 1.54) is 30.5 Å². The van der Waals surface area contributed by atoms with E-state index in [-0.39, 0.29) is 24.9 Å². The van der Waals surface area contributed by atoms with Crippen LogP contribution in [0.25, 0.3) is 11.3 Å². The van der Waals surface area contributed by atoms with Gasteiger partial charge in [-0.25, -0.2) is 4.39 Å². The van der Waals surface area contributed by atoms with Crippen molar-refractivity contribution in [2.45, 2.75) is 0 Å². The number of benzene rings is 2. The van der Waals surface area contributed by atoms with Crippen LogP contribution in [0.2, 0.25) is 0 Å². The first kappa shape index (κ1) is 19.1. The number of hydrogen-bond acceptors (Lipinski definition) is 4. The fraction of sp³-hybridized carbons (Fsp3) is 0.150. The molecule has 8 heteroatoms. The number of ether oxygens (including phenoxy) is 1. The Labute approximate surface area is 160 Å². The number of amides is 2. The molecule has 7 nitrogen and oxygen atoms in total. The Hall–Kier alpha value is -3.68. The molecule has 0 spiro atoms. The molecule has 0 saturated carbocycles. The van der Waals surface area contributed by atoms with Crippen molar-refractivity contribution < 1.29 is 18.7 Å². The van der Waals surface area contributed by atoms with Crippen LogP contribution in [0.1, 0.15) is 20.7 Å². The van der Waals surface area contributed by atoms with Crippen molar-refractivity contribution in [1.29, 1.82) is 0 Å². The highest BCUT2D eigenvalue weighted by atomic mass is 19.1. The highest BCUT2D eigenvalue weighted by Gasteiger charge is 2.15. The quantitative estimate of drug-likeness (QED) is 0.547. The smallest absolute Gasteiger partial charge is 0.255 e. The Morgan fingerprint density at radius 1 is 1.00 bits per heavy atom. The molecule has 0 aliphatic carbocycles. The number of nitrogens with one attached hydrogen (secondary N) is 3. The molecule has 2 amide bonds. The summed E-state index contributed by atoms with van der Waals surface area (Å²) in [5, 5.41) is 12.2. The van der Waals surface area contributed by atoms with E-state index in [0.717, 1.165) is 5.56 Å². The van der Waals surface area contributed by atoms with Crippen LogP contribution in [0.15, 0.2) is 54.7 Å². The van der Waals surface area contributed by atoms with Crippen molar-refractivity contribution >= 4 is 11.8 Å². The second kappa shape index (κ2) is 8.81. The summed E-state index contributed by atoms with van der Waals surface area (Å²) < 4.78 is 18.0. The molecule has 1 aromatic heterocycles. The molecular formula is C20H19FN4O3. The SMILES string of the molecule is COc1ccc(-c2[nH]ncc2C(=O)NCCNC(=O)c2ccc(F)cc2)cc1. The van der Waals surface area contributed by atoms with Crippen LogP contribution in [0, 0.1) is 5.82 Å². The van der Waals surface area contributed by atoms with Gasteiger partial charge in [0.05, 0.1) is 24.6 Å². The lowest BCUT2D eigenvalue weighted by molar-refractivity contribution is 0.0928. The molecule has 144 valence electrons. The molecule has 0 saturated heterocycles. The van der Waals surface area contributed by atoms with Gasteiger partial charge in [-0.05, 0) is 48.5 Å². The maximum Gasteiger partial charge on any atom is 0.255 e. The third-order valence-corrected chi connectivity index (χ3v) is 4.07. The van der Waals surface area contributed by atoms with E-state index in [4.69, 9.17) is 4.74 Å². The molecule has 0 radical (unpaired) electrons. The number of methoxy groups -OCH3 is 1. The number of aromatic amines is 1. The number of halogens is 1. The van der Waals surface area contributed by atoms with Crippen molar-refractivity contribution in [2.24, 2.45) is 0 Å². The van der Waals surface area contributed by atoms with Gasteiger partial charge in [-0.2, -0.15) is 5.10 Å². The van der Waals surface area contributed by atoms with Gasteiger partial charge in [0.15, 0.2) is 0 Å². The molecule has 3 N–H and O–H groups in total. The van der Waals surface area contributed by atoms with Gasteiger partial charge in [-0.15, -0.1) is 0 Å². The second-order valence-electron chi connectivity index (χ2n) is 5.91. The lowest BCUT2D eigenvalue weighted by atomic mass is 10.1. The Bertz CT molecular complexity index is 952. The van der Waals surface area contributed by atoms with Gasteiger partial charge < -0.3 is 15.4 Å². The Balaban J connectivity index is 1.53. The molecule has 1 heterocycles. The summed E-state index contributed by atoms with van der Waals surface area (Å²) in [5.41, 5.74) is 2.14. The van der Waals surface area contributed by atoms with E-state index in [1.54, 1.807) is 19.2 Å². The van der Waals surface area contributed by atoms with Crippen LogP contribution < -0.4 is 15.4 Å². The van der Waals surface area contributed by atoms with Gasteiger partial charge in [0.25, 0.3) is 11.8 Å². The summed E-state index contributed by atoms with van der Waals surface area (Å²) in [4.78, 5) is 24.4. The van der Waals surface area contributed by atoms with Crippen molar-refractivity contribution in [3.63, 3.8) is 0 Å². The zero-order valence-electron chi connectivity index (χ0n) is 15.2. The van der Waals surface area contributed by atoms with Crippen LogP contribution in [0.3, 0.4) is 0 Å². The summed E-state index contributed by atoms with van der Waals surface area (Å²) in [7, 11) is 1.58. The van der Waals surface area contributed by atoms with Gasteiger partial charge in [-0.1, -0.05) is 0 Å². The number of rotatable bonds is 7. The van der Waals surface area contributed by atoms with Gasteiger partial charge in [0.2, 0.25) is 0 Å². The van der Waals surface area contributed by atoms with E-state index >= 15 is 0 Å². The number of carbonyl (C=O) groups excluding carboxylic acids is 2. The monoisotopic (exact) mass is 382 g/mol. The largest absolute Gasteiger partial charge is 0.497 e. The van der Waals surface area contributed by atoms with E-state index in [0.29, 0.717) is 22.6 Å². The summed E-state index contributed by atoms with van der Waals surface area (Å²) in [6, 6.07) is 12.5. The first-order chi connectivity index (χ1) is 13.6. The molecule has 0 fully saturated rings. The van der Waals surface area contributed by atoms with Gasteiger partial charge in [0, 0.05) is 24.2 Å². The molecule has 0 unspecified atom stereocenters. The molecule has 28 heavy (non-hydrogen) atoms. The molecule has 0 aliphatic rings. The van der Waals surface area contributed by atoms with Crippen LogP contribution in [-0.2, 0) is 0 Å². The Morgan fingerprint density at radius 3 is 2.29 bits per heavy atom. The van der Waals surface area contributed by atoms with Crippen molar-refractivity contribution in [3.8, 4) is 17.0 Å². The van der Waals surface area contributed by atoms with Crippen LogP contribution in [0.5, 0.6) is 5.75 Å². The van der Waals surface area contributed by atoms with Crippen LogP contribution >= 0.6 is 0 Å². The van der Waals surface area contributed by atoms with E-state index in [2.05, 4.69) is 20.8 Å². The molecule has 2 aromatic carbocycles. The van der Waals surface area contributed by atoms with Crippen LogP contribution in [0.4, 0.5) is 4.39 Å². The summed E-state index contributed by atoms with van der Waals surface area (Å²) in [5.74, 6) is -0.338. The van der Waals surface area contributed by atoms with Gasteiger partial charge in [0.1, 0.15) is 11.6 Å². The molecule has 0 bridgehead atoms. The summed E-state index contributed by atoms with van der Waals surface area (Å²) in [6.45, 7) is 0.469. The first-order valence-electron chi connectivity index (χ1n) is 8.58. The Morgan fingerprint density at radius 2 is 1.64 bits per heavy atom. The predicted octanol–water partition coefficient (Wildman–Crippen LogP) is 2.38. The average Bonchev–Trinajstić information content (AvgIpc) is 3.21. The molecule has 3 rings (SSSR count). The number of nitrogens with zero attached hydrogens (tertiary/aromatic N) is 1. The minimum absolute atomic E-state index is 0.234. The van der Waals surface area contributed by atoms with Crippen molar-refractivity contribution in [1.82, 2.24) is 20.8 Å². The number of carbonyl (C=O) groups is 2. The standard InChI is InChI=1S/C20H19FN4O3/c1-28-16-8-4-13(5-9-16)18-17(12-24-25-18)20(27)23-11-10-22-19(26)14-2-6-15(21)7-3-14/h2-9,12H,10-11H2,1H3,(H,22,26)(H,23,27)(H,24,25). The minimum atomic E-state index is -0.406. The fourth-order valence-corrected chi connectivity index (χ4v) is 2.59. The average molecular weight is 382 g/mol. The summed E-state index contributed by atoms with van der Waals surface area (Å²) in [6.07, 6.45) is 1.45. The normalized spacial score (nSPS) is 10.4. The highest BCUT2D eigenvalue weighted by molar-refractivity contribution is 5.99. The van der Waals surface area contributed by atoms with E-state index in [9.17, 15) is 14.0 Å². The Kier molecular flexibility index (Phi) is 6.01. The lowest BCUT2D eigenvalue weighted by Gasteiger charge is -2.08. The predicted molar refractivity (Wildman–Crippen MR) is 102 cm³/mol.